The molecule has 0 aliphatic carbocycles. The Labute approximate surface area is 143 Å². The van der Waals surface area contributed by atoms with Gasteiger partial charge >= 0.3 is 6.61 Å². The van der Waals surface area contributed by atoms with Crippen LogP contribution in [0.5, 0.6) is 11.5 Å². The minimum absolute atomic E-state index is 0.102. The van der Waals surface area contributed by atoms with Crippen molar-refractivity contribution in [3.8, 4) is 11.5 Å². The predicted molar refractivity (Wildman–Crippen MR) is 87.5 cm³/mol. The van der Waals surface area contributed by atoms with Crippen LogP contribution in [0.25, 0.3) is 0 Å². The number of Topliss-reactive ketones (excluding diaryl/α,β-unsaturated/α-hetero) is 1. The van der Waals surface area contributed by atoms with Gasteiger partial charge in [-0.05, 0) is 35.9 Å². The van der Waals surface area contributed by atoms with E-state index < -0.39 is 13.2 Å². The van der Waals surface area contributed by atoms with E-state index in [1.165, 1.54) is 6.07 Å². The van der Waals surface area contributed by atoms with Crippen LogP contribution < -0.4 is 14.4 Å². The molecule has 0 amide bonds. The lowest BCUT2D eigenvalue weighted by atomic mass is 10.1. The molecule has 7 heteroatoms. The van der Waals surface area contributed by atoms with E-state index in [0.29, 0.717) is 31.0 Å². The number of carbonyl (C=O) groups excluding carboxylic acids is 1. The number of ketones is 1. The van der Waals surface area contributed by atoms with Crippen molar-refractivity contribution in [2.45, 2.75) is 13.2 Å². The van der Waals surface area contributed by atoms with Gasteiger partial charge < -0.3 is 19.5 Å². The second-order valence-electron chi connectivity index (χ2n) is 5.56. The maximum Gasteiger partial charge on any atom is 0.387 e. The van der Waals surface area contributed by atoms with Crippen LogP contribution in [0.3, 0.4) is 0 Å². The van der Waals surface area contributed by atoms with Crippen LogP contribution in [0.1, 0.15) is 15.9 Å². The van der Waals surface area contributed by atoms with Crippen molar-refractivity contribution >= 4 is 11.5 Å². The van der Waals surface area contributed by atoms with E-state index in [1.807, 2.05) is 11.0 Å². The van der Waals surface area contributed by atoms with Crippen molar-refractivity contribution in [2.75, 3.05) is 24.7 Å². The topological polar surface area (TPSA) is 59.0 Å². The molecule has 3 rings (SSSR count). The Bertz CT molecular complexity index is 766. The number of aliphatic hydroxyl groups excluding tert-OH is 1. The van der Waals surface area contributed by atoms with E-state index in [-0.39, 0.29) is 11.5 Å². The summed E-state index contributed by atoms with van der Waals surface area (Å²) >= 11 is 0. The van der Waals surface area contributed by atoms with Gasteiger partial charge in [-0.1, -0.05) is 12.1 Å². The van der Waals surface area contributed by atoms with Gasteiger partial charge in [0.05, 0.1) is 12.2 Å². The highest BCUT2D eigenvalue weighted by Crippen LogP contribution is 2.34. The molecule has 2 aromatic rings. The number of anilines is 1. The van der Waals surface area contributed by atoms with Crippen LogP contribution in [0.2, 0.25) is 0 Å². The molecule has 0 atom stereocenters. The highest BCUT2D eigenvalue weighted by molar-refractivity contribution is 5.98. The number of fused-ring (bicyclic) bond motifs is 1. The molecule has 0 saturated carbocycles. The molecule has 1 N–H and O–H groups in total. The van der Waals surface area contributed by atoms with Crippen LogP contribution in [0.15, 0.2) is 42.5 Å². The van der Waals surface area contributed by atoms with Crippen molar-refractivity contribution in [3.63, 3.8) is 0 Å². The number of hydrogen-bond donors (Lipinski definition) is 1. The Morgan fingerprint density at radius 2 is 2.12 bits per heavy atom. The number of nitrogens with zero attached hydrogens (tertiary/aromatic N) is 1. The first kappa shape index (κ1) is 17.2. The van der Waals surface area contributed by atoms with Gasteiger partial charge in [-0.2, -0.15) is 8.78 Å². The van der Waals surface area contributed by atoms with Crippen molar-refractivity contribution in [1.82, 2.24) is 0 Å². The molecule has 0 unspecified atom stereocenters. The quantitative estimate of drug-likeness (QED) is 0.813. The van der Waals surface area contributed by atoms with E-state index in [0.717, 1.165) is 11.3 Å². The normalized spacial score (nSPS) is 13.4. The summed E-state index contributed by atoms with van der Waals surface area (Å²) in [6.07, 6.45) is 0. The molecule has 2 aromatic carbocycles. The van der Waals surface area contributed by atoms with E-state index in [4.69, 9.17) is 9.84 Å². The summed E-state index contributed by atoms with van der Waals surface area (Å²) in [6.45, 7) is -1.91. The second-order valence-corrected chi connectivity index (χ2v) is 5.56. The van der Waals surface area contributed by atoms with Crippen molar-refractivity contribution in [3.05, 3.63) is 53.6 Å². The zero-order valence-electron chi connectivity index (χ0n) is 13.3. The molecule has 0 saturated heterocycles. The fourth-order valence-electron chi connectivity index (χ4n) is 2.74. The van der Waals surface area contributed by atoms with Crippen LogP contribution >= 0.6 is 0 Å². The molecule has 0 spiro atoms. The second kappa shape index (κ2) is 7.48. The summed E-state index contributed by atoms with van der Waals surface area (Å²) in [5.41, 5.74) is 1.92. The van der Waals surface area contributed by atoms with Crippen LogP contribution in [-0.4, -0.2) is 37.3 Å². The maximum absolute atomic E-state index is 12.4. The van der Waals surface area contributed by atoms with Gasteiger partial charge in [-0.15, -0.1) is 0 Å². The minimum Gasteiger partial charge on any atom is -0.490 e. The molecular weight excluding hydrogens is 332 g/mol. The number of ether oxygens (including phenoxy) is 2. The van der Waals surface area contributed by atoms with Gasteiger partial charge in [0.15, 0.2) is 5.78 Å². The first-order valence-corrected chi connectivity index (χ1v) is 7.76. The zero-order chi connectivity index (χ0) is 17.8. The molecule has 0 radical (unpaired) electrons. The van der Waals surface area contributed by atoms with E-state index in [2.05, 4.69) is 4.74 Å². The van der Waals surface area contributed by atoms with Gasteiger partial charge in [0.2, 0.25) is 0 Å². The van der Waals surface area contributed by atoms with Gasteiger partial charge in [0, 0.05) is 12.1 Å². The standard InChI is InChI=1S/C18H17F2NO4/c19-18(20)25-14-3-1-2-12(8-14)10-21-6-7-24-17-5-4-13(9-15(17)21)16(23)11-22/h1-5,8-9,18,22H,6-7,10-11H2. The highest BCUT2D eigenvalue weighted by Gasteiger charge is 2.20. The molecule has 1 aliphatic heterocycles. The fourth-order valence-corrected chi connectivity index (χ4v) is 2.74. The first-order valence-electron chi connectivity index (χ1n) is 7.76. The number of hydrogen-bond acceptors (Lipinski definition) is 5. The molecule has 0 aromatic heterocycles. The highest BCUT2D eigenvalue weighted by atomic mass is 19.3. The largest absolute Gasteiger partial charge is 0.490 e. The van der Waals surface area contributed by atoms with Crippen LogP contribution in [-0.2, 0) is 6.54 Å². The SMILES string of the molecule is O=C(CO)c1ccc2c(c1)N(Cc1cccc(OC(F)F)c1)CCO2. The monoisotopic (exact) mass is 349 g/mol. The Balaban J connectivity index is 1.84. The molecule has 0 bridgehead atoms. The van der Waals surface area contributed by atoms with Gasteiger partial charge in [0.1, 0.15) is 24.7 Å². The fraction of sp³-hybridized carbons (Fsp3) is 0.278. The third-order valence-electron chi connectivity index (χ3n) is 3.88. The van der Waals surface area contributed by atoms with Crippen molar-refractivity contribution < 1.29 is 28.2 Å². The van der Waals surface area contributed by atoms with E-state index >= 15 is 0 Å². The predicted octanol–water partition coefficient (Wildman–Crippen LogP) is 2.86. The van der Waals surface area contributed by atoms with Crippen LogP contribution in [0, 0.1) is 0 Å². The molecule has 132 valence electrons. The van der Waals surface area contributed by atoms with E-state index in [9.17, 15) is 13.6 Å². The number of aliphatic hydroxyl groups is 1. The smallest absolute Gasteiger partial charge is 0.387 e. The molecule has 0 fully saturated rings. The number of rotatable bonds is 6. The zero-order valence-corrected chi connectivity index (χ0v) is 13.3. The maximum atomic E-state index is 12.4. The lowest BCUT2D eigenvalue weighted by molar-refractivity contribution is -0.0498. The minimum atomic E-state index is -2.87. The van der Waals surface area contributed by atoms with E-state index in [1.54, 1.807) is 30.3 Å². The Morgan fingerprint density at radius 3 is 2.88 bits per heavy atom. The Morgan fingerprint density at radius 1 is 1.28 bits per heavy atom. The summed E-state index contributed by atoms with van der Waals surface area (Å²) in [5, 5.41) is 9.03. The number of halogens is 2. The molecule has 1 heterocycles. The van der Waals surface area contributed by atoms with Crippen LogP contribution in [0.4, 0.5) is 14.5 Å². The summed E-state index contributed by atoms with van der Waals surface area (Å²) < 4.78 is 34.7. The van der Waals surface area contributed by atoms with Crippen molar-refractivity contribution in [1.29, 1.82) is 0 Å². The molecular formula is C18H17F2NO4. The summed E-state index contributed by atoms with van der Waals surface area (Å²) in [7, 11) is 0. The first-order chi connectivity index (χ1) is 12.1. The van der Waals surface area contributed by atoms with Gasteiger partial charge in [-0.3, -0.25) is 4.79 Å². The lowest BCUT2D eigenvalue weighted by Gasteiger charge is -2.31. The molecule has 5 nitrogen and oxygen atoms in total. The number of alkyl halides is 2. The summed E-state index contributed by atoms with van der Waals surface area (Å²) in [5.74, 6) is 0.367. The summed E-state index contributed by atoms with van der Waals surface area (Å²) in [4.78, 5) is 13.7. The Kier molecular flexibility index (Phi) is 5.14. The average Bonchev–Trinajstić information content (AvgIpc) is 2.61. The third kappa shape index (κ3) is 4.06. The Hall–Kier alpha value is -2.67. The van der Waals surface area contributed by atoms with Gasteiger partial charge in [-0.25, -0.2) is 0 Å². The third-order valence-corrected chi connectivity index (χ3v) is 3.88. The van der Waals surface area contributed by atoms with Crippen molar-refractivity contribution in [2.24, 2.45) is 0 Å². The lowest BCUT2D eigenvalue weighted by Crippen LogP contribution is -2.32. The van der Waals surface area contributed by atoms with Gasteiger partial charge in [0.25, 0.3) is 0 Å². The molecule has 25 heavy (non-hydrogen) atoms. The number of benzene rings is 2. The average molecular weight is 349 g/mol. The molecule has 1 aliphatic rings. The summed E-state index contributed by atoms with van der Waals surface area (Å²) in [6, 6.07) is 11.5. The number of carbonyl (C=O) groups is 1.